The van der Waals surface area contributed by atoms with Crippen molar-refractivity contribution in [2.75, 3.05) is 18.6 Å². The van der Waals surface area contributed by atoms with Gasteiger partial charge in [0.2, 0.25) is 0 Å². The van der Waals surface area contributed by atoms with Gasteiger partial charge in [-0.05, 0) is 57.4 Å². The molecule has 0 aliphatic carbocycles. The topological polar surface area (TPSA) is 17.0 Å². The van der Waals surface area contributed by atoms with E-state index >= 15 is 0 Å². The van der Waals surface area contributed by atoms with E-state index < -0.39 is 0 Å². The third kappa shape index (κ3) is 3.56. The first-order valence-corrected chi connectivity index (χ1v) is 7.45. The monoisotopic (exact) mass is 240 g/mol. The first-order valence-electron chi connectivity index (χ1n) is 6.06. The molecule has 1 N–H and O–H groups in total. The fourth-order valence-electron chi connectivity index (χ4n) is 2.10. The molecule has 1 heterocycles. The van der Waals surface area contributed by atoms with Crippen LogP contribution in [-0.2, 0) is 13.1 Å². The van der Waals surface area contributed by atoms with Crippen molar-refractivity contribution in [2.24, 2.45) is 0 Å². The van der Waals surface area contributed by atoms with Gasteiger partial charge in [0.15, 0.2) is 0 Å². The van der Waals surface area contributed by atoms with Crippen LogP contribution in [0.5, 0.6) is 0 Å². The fourth-order valence-corrected chi connectivity index (χ4v) is 2.54. The summed E-state index contributed by atoms with van der Waals surface area (Å²) >= 11 is 1.92. The van der Waals surface area contributed by atoms with Crippen LogP contribution in [0.2, 0.25) is 0 Å². The SMILES string of the molecule is CCn1c(C)cc(CNCCCSC)c1C. The molecule has 0 aliphatic rings. The van der Waals surface area contributed by atoms with Gasteiger partial charge in [0.1, 0.15) is 0 Å². The van der Waals surface area contributed by atoms with E-state index in [9.17, 15) is 0 Å². The third-order valence-electron chi connectivity index (χ3n) is 3.01. The normalized spacial score (nSPS) is 11.0. The molecular formula is C13H24N2S. The number of hydrogen-bond donors (Lipinski definition) is 1. The Kier molecular flexibility index (Phi) is 5.99. The number of thioether (sulfide) groups is 1. The Hall–Kier alpha value is -0.410. The van der Waals surface area contributed by atoms with Gasteiger partial charge in [-0.25, -0.2) is 0 Å². The first kappa shape index (κ1) is 13.7. The Labute approximate surface area is 104 Å². The summed E-state index contributed by atoms with van der Waals surface area (Å²) in [6.45, 7) is 9.81. The van der Waals surface area contributed by atoms with Gasteiger partial charge in [-0.3, -0.25) is 0 Å². The molecule has 0 aliphatic heterocycles. The summed E-state index contributed by atoms with van der Waals surface area (Å²) in [5, 5.41) is 3.52. The van der Waals surface area contributed by atoms with E-state index in [0.717, 1.165) is 19.6 Å². The Morgan fingerprint density at radius 1 is 1.38 bits per heavy atom. The molecular weight excluding hydrogens is 216 g/mol. The Morgan fingerprint density at radius 2 is 2.12 bits per heavy atom. The number of hydrogen-bond acceptors (Lipinski definition) is 2. The van der Waals surface area contributed by atoms with Gasteiger partial charge in [-0.1, -0.05) is 0 Å². The molecule has 1 aromatic heterocycles. The first-order chi connectivity index (χ1) is 7.70. The zero-order chi connectivity index (χ0) is 12.0. The van der Waals surface area contributed by atoms with Gasteiger partial charge < -0.3 is 9.88 Å². The van der Waals surface area contributed by atoms with Crippen LogP contribution in [-0.4, -0.2) is 23.1 Å². The van der Waals surface area contributed by atoms with Gasteiger partial charge >= 0.3 is 0 Å². The van der Waals surface area contributed by atoms with Crippen LogP contribution < -0.4 is 5.32 Å². The minimum atomic E-state index is 1.01. The molecule has 1 rings (SSSR count). The van der Waals surface area contributed by atoms with Gasteiger partial charge in [0.05, 0.1) is 0 Å². The Morgan fingerprint density at radius 3 is 2.69 bits per heavy atom. The fraction of sp³-hybridized carbons (Fsp3) is 0.692. The molecule has 0 radical (unpaired) electrons. The van der Waals surface area contributed by atoms with Gasteiger partial charge in [-0.2, -0.15) is 11.8 Å². The van der Waals surface area contributed by atoms with Gasteiger partial charge in [0, 0.05) is 24.5 Å². The van der Waals surface area contributed by atoms with Crippen molar-refractivity contribution >= 4 is 11.8 Å². The van der Waals surface area contributed by atoms with Crippen LogP contribution in [0.25, 0.3) is 0 Å². The maximum atomic E-state index is 3.52. The van der Waals surface area contributed by atoms with E-state index in [-0.39, 0.29) is 0 Å². The highest BCUT2D eigenvalue weighted by molar-refractivity contribution is 7.98. The summed E-state index contributed by atoms with van der Waals surface area (Å²) < 4.78 is 2.37. The third-order valence-corrected chi connectivity index (χ3v) is 3.71. The maximum absolute atomic E-state index is 3.52. The van der Waals surface area contributed by atoms with Gasteiger partial charge in [-0.15, -0.1) is 0 Å². The summed E-state index contributed by atoms with van der Waals surface area (Å²) in [7, 11) is 0. The molecule has 0 amide bonds. The summed E-state index contributed by atoms with van der Waals surface area (Å²) in [4.78, 5) is 0. The largest absolute Gasteiger partial charge is 0.349 e. The molecule has 0 atom stereocenters. The lowest BCUT2D eigenvalue weighted by molar-refractivity contribution is 0.666. The van der Waals surface area contributed by atoms with Gasteiger partial charge in [0.25, 0.3) is 0 Å². The number of nitrogens with zero attached hydrogens (tertiary/aromatic N) is 1. The highest BCUT2D eigenvalue weighted by Crippen LogP contribution is 2.14. The van der Waals surface area contributed by atoms with Crippen molar-refractivity contribution < 1.29 is 0 Å². The number of nitrogens with one attached hydrogen (secondary N) is 1. The smallest absolute Gasteiger partial charge is 0.0223 e. The summed E-state index contributed by atoms with van der Waals surface area (Å²) in [5.41, 5.74) is 4.24. The second kappa shape index (κ2) is 7.02. The lowest BCUT2D eigenvalue weighted by Gasteiger charge is -2.07. The second-order valence-corrected chi connectivity index (χ2v) is 5.15. The molecule has 1 aromatic rings. The Bertz CT molecular complexity index is 318. The highest BCUT2D eigenvalue weighted by Gasteiger charge is 2.06. The van der Waals surface area contributed by atoms with E-state index in [1.165, 1.54) is 29.1 Å². The van der Waals surface area contributed by atoms with E-state index in [0.29, 0.717) is 0 Å². The summed E-state index contributed by atoms with van der Waals surface area (Å²) in [6, 6.07) is 2.31. The van der Waals surface area contributed by atoms with Crippen LogP contribution >= 0.6 is 11.8 Å². The molecule has 0 bridgehead atoms. The van der Waals surface area contributed by atoms with E-state index in [1.54, 1.807) is 0 Å². The van der Waals surface area contributed by atoms with Crippen molar-refractivity contribution in [1.82, 2.24) is 9.88 Å². The lowest BCUT2D eigenvalue weighted by Crippen LogP contribution is -2.15. The maximum Gasteiger partial charge on any atom is 0.0223 e. The molecule has 92 valence electrons. The van der Waals surface area contributed by atoms with E-state index in [1.807, 2.05) is 11.8 Å². The van der Waals surface area contributed by atoms with Crippen molar-refractivity contribution in [3.05, 3.63) is 23.0 Å². The predicted octanol–water partition coefficient (Wildman–Crippen LogP) is 2.97. The zero-order valence-corrected chi connectivity index (χ0v) is 11.8. The quantitative estimate of drug-likeness (QED) is 0.738. The van der Waals surface area contributed by atoms with E-state index in [2.05, 4.69) is 43.0 Å². The number of aromatic nitrogens is 1. The number of aryl methyl sites for hydroxylation is 1. The van der Waals surface area contributed by atoms with Crippen molar-refractivity contribution in [1.29, 1.82) is 0 Å². The molecule has 2 nitrogen and oxygen atoms in total. The Balaban J connectivity index is 2.42. The molecule has 0 spiro atoms. The molecule has 0 aromatic carbocycles. The molecule has 0 unspecified atom stereocenters. The van der Waals surface area contributed by atoms with Crippen molar-refractivity contribution in [3.63, 3.8) is 0 Å². The summed E-state index contributed by atoms with van der Waals surface area (Å²) in [5.74, 6) is 1.25. The van der Waals surface area contributed by atoms with Crippen molar-refractivity contribution in [3.8, 4) is 0 Å². The average molecular weight is 240 g/mol. The van der Waals surface area contributed by atoms with Crippen LogP contribution in [0.4, 0.5) is 0 Å². The lowest BCUT2D eigenvalue weighted by atomic mass is 10.2. The minimum Gasteiger partial charge on any atom is -0.349 e. The van der Waals surface area contributed by atoms with E-state index in [4.69, 9.17) is 0 Å². The average Bonchev–Trinajstić information content (AvgIpc) is 2.53. The van der Waals surface area contributed by atoms with Crippen LogP contribution in [0.3, 0.4) is 0 Å². The van der Waals surface area contributed by atoms with Crippen LogP contribution in [0.15, 0.2) is 6.07 Å². The van der Waals surface area contributed by atoms with Crippen molar-refractivity contribution in [2.45, 2.75) is 40.3 Å². The molecule has 0 saturated heterocycles. The zero-order valence-electron chi connectivity index (χ0n) is 11.0. The van der Waals surface area contributed by atoms with Crippen LogP contribution in [0.1, 0.15) is 30.3 Å². The minimum absolute atomic E-state index is 1.01. The number of rotatable bonds is 7. The van der Waals surface area contributed by atoms with Crippen LogP contribution in [0, 0.1) is 13.8 Å². The molecule has 3 heteroatoms. The molecule has 0 fully saturated rings. The highest BCUT2D eigenvalue weighted by atomic mass is 32.2. The predicted molar refractivity (Wildman–Crippen MR) is 74.3 cm³/mol. The molecule has 0 saturated carbocycles. The molecule has 16 heavy (non-hydrogen) atoms. The summed E-state index contributed by atoms with van der Waals surface area (Å²) in [6.07, 6.45) is 3.42. The second-order valence-electron chi connectivity index (χ2n) is 4.16. The standard InChI is InChI=1S/C13H24N2S/c1-5-15-11(2)9-13(12(15)3)10-14-7-6-8-16-4/h9,14H,5-8,10H2,1-4H3.